The molecule has 0 fully saturated rings. The van der Waals surface area contributed by atoms with Gasteiger partial charge in [-0.05, 0) is 64.7 Å². The second-order valence-electron chi connectivity index (χ2n) is 7.27. The van der Waals surface area contributed by atoms with Crippen molar-refractivity contribution in [1.29, 1.82) is 0 Å². The van der Waals surface area contributed by atoms with Gasteiger partial charge in [-0.3, -0.25) is 9.59 Å². The topological polar surface area (TPSA) is 43.4 Å². The fraction of sp³-hybridized carbons (Fsp3) is 0.615. The summed E-state index contributed by atoms with van der Waals surface area (Å²) in [6.07, 6.45) is 28.7. The van der Waals surface area contributed by atoms with Gasteiger partial charge in [-0.15, -0.1) is 0 Å². The van der Waals surface area contributed by atoms with Crippen LogP contribution in [0.2, 0.25) is 0 Å². The van der Waals surface area contributed by atoms with Crippen LogP contribution in [0.4, 0.5) is 0 Å². The van der Waals surface area contributed by atoms with E-state index in [9.17, 15) is 9.59 Å². The maximum atomic E-state index is 11.7. The molecule has 0 aromatic rings. The highest BCUT2D eigenvalue weighted by atomic mass is 16.5. The number of ether oxygens (including phenoxy) is 1. The summed E-state index contributed by atoms with van der Waals surface area (Å²) >= 11 is 0. The summed E-state index contributed by atoms with van der Waals surface area (Å²) in [6.45, 7) is 5.87. The third-order valence-electron chi connectivity index (χ3n) is 4.57. The Balaban J connectivity index is 3.39. The highest BCUT2D eigenvalue weighted by Crippen LogP contribution is 2.08. The number of rotatable bonds is 20. The molecule has 164 valence electrons. The predicted octanol–water partition coefficient (Wildman–Crippen LogP) is 7.43. The largest absolute Gasteiger partial charge is 0.466 e. The lowest BCUT2D eigenvalue weighted by atomic mass is 10.1. The van der Waals surface area contributed by atoms with E-state index >= 15 is 0 Å². The van der Waals surface area contributed by atoms with Crippen LogP contribution < -0.4 is 0 Å². The number of hydrogen-bond donors (Lipinski definition) is 0. The summed E-state index contributed by atoms with van der Waals surface area (Å²) in [5.74, 6) is 0.0249. The summed E-state index contributed by atoms with van der Waals surface area (Å²) in [7, 11) is 0. The number of allylic oxidation sites excluding steroid dienone is 7. The molecule has 3 nitrogen and oxygen atoms in total. The maximum absolute atomic E-state index is 11.7. The molecule has 0 N–H and O–H groups in total. The van der Waals surface area contributed by atoms with Gasteiger partial charge in [-0.2, -0.15) is 0 Å². The zero-order valence-electron chi connectivity index (χ0n) is 18.6. The number of Topliss-reactive ketones (excluding diaryl/α,β-unsaturated/α-hetero) is 1. The van der Waals surface area contributed by atoms with Crippen LogP contribution in [0.3, 0.4) is 0 Å². The first-order chi connectivity index (χ1) is 14.2. The van der Waals surface area contributed by atoms with Crippen LogP contribution in [0.5, 0.6) is 0 Å². The molecule has 0 aliphatic heterocycles. The number of ketones is 1. The molecule has 0 unspecified atom stereocenters. The molecular formula is C26H42O3. The Hall–Kier alpha value is -1.90. The van der Waals surface area contributed by atoms with Crippen molar-refractivity contribution in [3.63, 3.8) is 0 Å². The van der Waals surface area contributed by atoms with Crippen molar-refractivity contribution in [3.05, 3.63) is 49.1 Å². The van der Waals surface area contributed by atoms with Crippen LogP contribution in [0, 0.1) is 0 Å². The highest BCUT2D eigenvalue weighted by molar-refractivity contribution is 5.79. The van der Waals surface area contributed by atoms with Crippen molar-refractivity contribution in [2.75, 3.05) is 6.61 Å². The second-order valence-corrected chi connectivity index (χ2v) is 7.27. The summed E-state index contributed by atoms with van der Waals surface area (Å²) in [4.78, 5) is 22.9. The lowest BCUT2D eigenvalue weighted by Gasteiger charge is -2.01. The van der Waals surface area contributed by atoms with E-state index in [0.29, 0.717) is 32.3 Å². The van der Waals surface area contributed by atoms with Crippen LogP contribution in [-0.2, 0) is 14.3 Å². The van der Waals surface area contributed by atoms with Gasteiger partial charge in [0.2, 0.25) is 0 Å². The van der Waals surface area contributed by atoms with Crippen molar-refractivity contribution in [3.8, 4) is 0 Å². The molecule has 3 heteroatoms. The number of carbonyl (C=O) groups excluding carboxylic acids is 2. The van der Waals surface area contributed by atoms with Gasteiger partial charge in [0.05, 0.1) is 6.61 Å². The summed E-state index contributed by atoms with van der Waals surface area (Å²) in [5.41, 5.74) is 0. The minimum absolute atomic E-state index is 0.207. The van der Waals surface area contributed by atoms with Gasteiger partial charge in [0, 0.05) is 19.3 Å². The zero-order valence-corrected chi connectivity index (χ0v) is 18.6. The van der Waals surface area contributed by atoms with E-state index in [2.05, 4.69) is 37.0 Å². The number of unbranched alkanes of at least 4 members (excludes halogenated alkanes) is 7. The molecule has 0 atom stereocenters. The molecule has 0 spiro atoms. The summed E-state index contributed by atoms with van der Waals surface area (Å²) in [5, 5.41) is 0. The first-order valence-electron chi connectivity index (χ1n) is 11.5. The molecule has 0 saturated carbocycles. The molecule has 0 radical (unpaired) electrons. The van der Waals surface area contributed by atoms with E-state index in [1.165, 1.54) is 38.5 Å². The Morgan fingerprint density at radius 2 is 1.28 bits per heavy atom. The molecule has 0 aliphatic carbocycles. The smallest absolute Gasteiger partial charge is 0.305 e. The Bertz CT molecular complexity index is 500. The lowest BCUT2D eigenvalue weighted by molar-refractivity contribution is -0.143. The van der Waals surface area contributed by atoms with E-state index in [4.69, 9.17) is 4.74 Å². The van der Waals surface area contributed by atoms with E-state index in [1.807, 2.05) is 12.2 Å². The molecule has 0 amide bonds. The monoisotopic (exact) mass is 402 g/mol. The zero-order chi connectivity index (χ0) is 21.4. The molecule has 0 bridgehead atoms. The van der Waals surface area contributed by atoms with E-state index < -0.39 is 0 Å². The van der Waals surface area contributed by atoms with Crippen LogP contribution in [0.1, 0.15) is 96.8 Å². The van der Waals surface area contributed by atoms with Gasteiger partial charge < -0.3 is 4.74 Å². The van der Waals surface area contributed by atoms with Gasteiger partial charge in [-0.1, -0.05) is 62.0 Å². The summed E-state index contributed by atoms with van der Waals surface area (Å²) in [6, 6.07) is 0. The first-order valence-corrected chi connectivity index (χ1v) is 11.5. The van der Waals surface area contributed by atoms with Crippen molar-refractivity contribution in [1.82, 2.24) is 0 Å². The maximum Gasteiger partial charge on any atom is 0.305 e. The number of hydrogen-bond acceptors (Lipinski definition) is 3. The van der Waals surface area contributed by atoms with E-state index in [0.717, 1.165) is 25.7 Å². The number of carbonyl (C=O) groups is 2. The molecule has 0 saturated heterocycles. The van der Waals surface area contributed by atoms with Crippen molar-refractivity contribution < 1.29 is 14.3 Å². The average molecular weight is 403 g/mol. The average Bonchev–Trinajstić information content (AvgIpc) is 2.70. The minimum Gasteiger partial charge on any atom is -0.466 e. The molecule has 0 heterocycles. The Labute approximate surface area is 179 Å². The quantitative estimate of drug-likeness (QED) is 0.0920. The van der Waals surface area contributed by atoms with Crippen molar-refractivity contribution in [2.45, 2.75) is 96.8 Å². The Kier molecular flexibility index (Phi) is 20.9. The standard InChI is InChI=1S/C26H42O3/c1-3-5-6-7-8-9-10-11-12-13-14-15-16-17-18-19-20-22-25(27)23-21-24-26(28)29-4-2/h3,5-6,13-14,18-19H,1,4,7-12,15-17,20-24H2,2H3. The van der Waals surface area contributed by atoms with Gasteiger partial charge in [0.25, 0.3) is 0 Å². The van der Waals surface area contributed by atoms with Gasteiger partial charge in [0.1, 0.15) is 5.78 Å². The van der Waals surface area contributed by atoms with Crippen molar-refractivity contribution >= 4 is 11.8 Å². The van der Waals surface area contributed by atoms with Gasteiger partial charge in [-0.25, -0.2) is 0 Å². The lowest BCUT2D eigenvalue weighted by Crippen LogP contribution is -2.05. The SMILES string of the molecule is C=CC=CCCCCCCC=CCCCC=CCCC(=O)CCCC(=O)OCC. The van der Waals surface area contributed by atoms with Crippen LogP contribution in [-0.4, -0.2) is 18.4 Å². The van der Waals surface area contributed by atoms with Crippen LogP contribution in [0.25, 0.3) is 0 Å². The number of esters is 1. The van der Waals surface area contributed by atoms with E-state index in [1.54, 1.807) is 6.92 Å². The highest BCUT2D eigenvalue weighted by Gasteiger charge is 2.05. The third kappa shape index (κ3) is 22.3. The molecule has 29 heavy (non-hydrogen) atoms. The molecular weight excluding hydrogens is 360 g/mol. The minimum atomic E-state index is -0.207. The van der Waals surface area contributed by atoms with Gasteiger partial charge in [0.15, 0.2) is 0 Å². The first kappa shape index (κ1) is 27.1. The normalized spacial score (nSPS) is 11.6. The predicted molar refractivity (Wildman–Crippen MR) is 124 cm³/mol. The molecule has 0 aliphatic rings. The van der Waals surface area contributed by atoms with E-state index in [-0.39, 0.29) is 11.8 Å². The second kappa shape index (κ2) is 22.4. The molecule has 0 rings (SSSR count). The van der Waals surface area contributed by atoms with Gasteiger partial charge >= 0.3 is 5.97 Å². The fourth-order valence-corrected chi connectivity index (χ4v) is 2.93. The molecule has 0 aromatic heterocycles. The Morgan fingerprint density at radius 3 is 1.90 bits per heavy atom. The molecule has 0 aromatic carbocycles. The van der Waals surface area contributed by atoms with Crippen LogP contribution >= 0.6 is 0 Å². The van der Waals surface area contributed by atoms with Crippen LogP contribution in [0.15, 0.2) is 49.1 Å². The van der Waals surface area contributed by atoms with Crippen molar-refractivity contribution in [2.24, 2.45) is 0 Å². The third-order valence-corrected chi connectivity index (χ3v) is 4.57. The fourth-order valence-electron chi connectivity index (χ4n) is 2.93. The summed E-state index contributed by atoms with van der Waals surface area (Å²) < 4.78 is 4.85. The Morgan fingerprint density at radius 1 is 0.690 bits per heavy atom.